The highest BCUT2D eigenvalue weighted by molar-refractivity contribution is 7.14. The lowest BCUT2D eigenvalue weighted by molar-refractivity contribution is 0.159. The van der Waals surface area contributed by atoms with Crippen LogP contribution in [0.5, 0.6) is 0 Å². The quantitative estimate of drug-likeness (QED) is 0.620. The molecule has 3 N–H and O–H groups in total. The summed E-state index contributed by atoms with van der Waals surface area (Å²) < 4.78 is 0. The van der Waals surface area contributed by atoms with E-state index in [9.17, 15) is 9.90 Å². The molecular formula is C19H20N4O2S. The van der Waals surface area contributed by atoms with Crippen LogP contribution < -0.4 is 10.6 Å². The Balaban J connectivity index is 1.73. The Hall–Kier alpha value is -2.77. The fourth-order valence-electron chi connectivity index (χ4n) is 2.69. The van der Waals surface area contributed by atoms with Crippen LogP contribution in [0.25, 0.3) is 11.3 Å². The number of aromatic nitrogens is 2. The number of hydrogen-bond donors (Lipinski definition) is 3. The molecule has 3 rings (SSSR count). The zero-order valence-electron chi connectivity index (χ0n) is 14.3. The van der Waals surface area contributed by atoms with Gasteiger partial charge in [0.25, 0.3) is 0 Å². The number of benzene rings is 1. The van der Waals surface area contributed by atoms with E-state index in [0.29, 0.717) is 11.6 Å². The van der Waals surface area contributed by atoms with Gasteiger partial charge in [-0.15, -0.1) is 11.3 Å². The van der Waals surface area contributed by atoms with Crippen LogP contribution in [0, 0.1) is 0 Å². The molecule has 2 aromatic heterocycles. The first kappa shape index (κ1) is 18.0. The Morgan fingerprint density at radius 3 is 2.69 bits per heavy atom. The highest BCUT2D eigenvalue weighted by Crippen LogP contribution is 2.26. The van der Waals surface area contributed by atoms with Crippen LogP contribution in [-0.2, 0) is 5.54 Å². The van der Waals surface area contributed by atoms with Gasteiger partial charge in [0.2, 0.25) is 0 Å². The summed E-state index contributed by atoms with van der Waals surface area (Å²) in [7, 11) is 0. The molecule has 2 heterocycles. The number of nitrogens with one attached hydrogen (secondary N) is 2. The van der Waals surface area contributed by atoms with E-state index in [0.717, 1.165) is 16.8 Å². The maximum absolute atomic E-state index is 12.5. The lowest BCUT2D eigenvalue weighted by atomic mass is 9.88. The molecule has 134 valence electrons. The number of hydrogen-bond acceptors (Lipinski definition) is 5. The van der Waals surface area contributed by atoms with Crippen molar-refractivity contribution < 1.29 is 9.90 Å². The number of carbonyl (C=O) groups is 1. The fourth-order valence-corrected chi connectivity index (χ4v) is 3.40. The Bertz CT molecular complexity index is 848. The second-order valence-corrected chi connectivity index (χ2v) is 6.68. The fraction of sp³-hybridized carbons (Fsp3) is 0.211. The van der Waals surface area contributed by atoms with E-state index in [2.05, 4.69) is 20.6 Å². The molecule has 0 aliphatic heterocycles. The molecule has 2 amide bonds. The van der Waals surface area contributed by atoms with Crippen molar-refractivity contribution in [2.75, 3.05) is 11.9 Å². The van der Waals surface area contributed by atoms with Crippen LogP contribution in [0.2, 0.25) is 0 Å². The third-order valence-corrected chi connectivity index (χ3v) is 4.99. The van der Waals surface area contributed by atoms with Crippen LogP contribution in [0.15, 0.2) is 60.2 Å². The van der Waals surface area contributed by atoms with Crippen molar-refractivity contribution in [3.63, 3.8) is 0 Å². The maximum Gasteiger partial charge on any atom is 0.321 e. The summed E-state index contributed by atoms with van der Waals surface area (Å²) in [4.78, 5) is 21.0. The Kier molecular flexibility index (Phi) is 5.60. The molecule has 0 saturated carbocycles. The predicted molar refractivity (Wildman–Crippen MR) is 103 cm³/mol. The summed E-state index contributed by atoms with van der Waals surface area (Å²) in [5.41, 5.74) is 1.66. The van der Waals surface area contributed by atoms with Gasteiger partial charge in [0, 0.05) is 23.3 Å². The van der Waals surface area contributed by atoms with E-state index in [4.69, 9.17) is 0 Å². The molecule has 7 heteroatoms. The molecule has 1 atom stereocenters. The van der Waals surface area contributed by atoms with Gasteiger partial charge in [0.1, 0.15) is 0 Å². The molecule has 0 aliphatic rings. The summed E-state index contributed by atoms with van der Waals surface area (Å²) in [6, 6.07) is 12.8. The van der Waals surface area contributed by atoms with Crippen LogP contribution in [0.1, 0.15) is 18.9 Å². The Morgan fingerprint density at radius 2 is 2.04 bits per heavy atom. The van der Waals surface area contributed by atoms with Crippen molar-refractivity contribution >= 4 is 22.5 Å². The van der Waals surface area contributed by atoms with Gasteiger partial charge in [-0.2, -0.15) is 0 Å². The van der Waals surface area contributed by atoms with Crippen molar-refractivity contribution in [2.24, 2.45) is 0 Å². The summed E-state index contributed by atoms with van der Waals surface area (Å²) in [6.45, 7) is 1.73. The Labute approximate surface area is 156 Å². The summed E-state index contributed by atoms with van der Waals surface area (Å²) >= 11 is 1.34. The molecule has 0 spiro atoms. The molecule has 6 nitrogen and oxygen atoms in total. The van der Waals surface area contributed by atoms with E-state index in [1.54, 1.807) is 12.4 Å². The number of aliphatic hydroxyl groups is 1. The molecule has 0 radical (unpaired) electrons. The van der Waals surface area contributed by atoms with Crippen LogP contribution in [0.4, 0.5) is 9.93 Å². The molecule has 0 bridgehead atoms. The van der Waals surface area contributed by atoms with Crippen molar-refractivity contribution in [3.8, 4) is 11.3 Å². The predicted octanol–water partition coefficient (Wildman–Crippen LogP) is 3.62. The molecule has 0 fully saturated rings. The lowest BCUT2D eigenvalue weighted by Crippen LogP contribution is -2.49. The normalized spacial score (nSPS) is 13.0. The number of carbonyl (C=O) groups excluding carboxylic acids is 1. The van der Waals surface area contributed by atoms with Crippen molar-refractivity contribution in [3.05, 3.63) is 65.8 Å². The number of amides is 2. The van der Waals surface area contributed by atoms with Crippen LogP contribution in [0.3, 0.4) is 0 Å². The number of thiazole rings is 1. The second-order valence-electron chi connectivity index (χ2n) is 5.82. The summed E-state index contributed by atoms with van der Waals surface area (Å²) in [5.74, 6) is 0. The minimum absolute atomic E-state index is 0.195. The molecule has 1 aromatic carbocycles. The highest BCUT2D eigenvalue weighted by atomic mass is 32.1. The minimum atomic E-state index is -0.839. The monoisotopic (exact) mass is 368 g/mol. The number of anilines is 1. The maximum atomic E-state index is 12.5. The number of pyridine rings is 1. The van der Waals surface area contributed by atoms with E-state index in [1.165, 1.54) is 11.3 Å². The number of urea groups is 1. The van der Waals surface area contributed by atoms with E-state index < -0.39 is 11.6 Å². The van der Waals surface area contributed by atoms with Gasteiger partial charge < -0.3 is 10.4 Å². The van der Waals surface area contributed by atoms with Gasteiger partial charge >= 0.3 is 6.03 Å². The Morgan fingerprint density at radius 1 is 1.23 bits per heavy atom. The minimum Gasteiger partial charge on any atom is -0.394 e. The number of nitrogens with zero attached hydrogens (tertiary/aromatic N) is 2. The highest BCUT2D eigenvalue weighted by Gasteiger charge is 2.31. The van der Waals surface area contributed by atoms with Crippen molar-refractivity contribution in [2.45, 2.75) is 18.9 Å². The number of rotatable bonds is 6. The first-order chi connectivity index (χ1) is 12.7. The summed E-state index contributed by atoms with van der Waals surface area (Å²) in [5, 5.41) is 17.9. The average molecular weight is 368 g/mol. The first-order valence-corrected chi connectivity index (χ1v) is 9.16. The number of aliphatic hydroxyl groups excluding tert-OH is 1. The van der Waals surface area contributed by atoms with Gasteiger partial charge in [-0.1, -0.05) is 37.3 Å². The standard InChI is InChI=1S/C19H20N4O2S/c1-2-19(13-24,15-8-4-3-5-9-15)23-17(25)22-18-21-16(12-26-18)14-7-6-10-20-11-14/h3-12,24H,2,13H2,1H3,(H2,21,22,23,25). The van der Waals surface area contributed by atoms with Crippen LogP contribution >= 0.6 is 11.3 Å². The molecule has 0 aliphatic carbocycles. The third kappa shape index (κ3) is 3.89. The lowest BCUT2D eigenvalue weighted by Gasteiger charge is -2.32. The molecule has 0 saturated heterocycles. The zero-order valence-corrected chi connectivity index (χ0v) is 15.2. The molecular weight excluding hydrogens is 348 g/mol. The van der Waals surface area contributed by atoms with Crippen molar-refractivity contribution in [1.29, 1.82) is 0 Å². The van der Waals surface area contributed by atoms with Gasteiger partial charge in [-0.3, -0.25) is 10.3 Å². The first-order valence-electron chi connectivity index (χ1n) is 8.28. The molecule has 26 heavy (non-hydrogen) atoms. The van der Waals surface area contributed by atoms with Gasteiger partial charge in [0.05, 0.1) is 17.8 Å². The molecule has 1 unspecified atom stereocenters. The third-order valence-electron chi connectivity index (χ3n) is 4.23. The largest absolute Gasteiger partial charge is 0.394 e. The van der Waals surface area contributed by atoms with E-state index in [-0.39, 0.29) is 6.61 Å². The SMILES string of the molecule is CCC(CO)(NC(=O)Nc1nc(-c2cccnc2)cs1)c1ccccc1. The van der Waals surface area contributed by atoms with E-state index in [1.807, 2.05) is 54.8 Å². The topological polar surface area (TPSA) is 87.1 Å². The van der Waals surface area contributed by atoms with Gasteiger partial charge in [-0.05, 0) is 24.1 Å². The van der Waals surface area contributed by atoms with Gasteiger partial charge in [-0.25, -0.2) is 9.78 Å². The average Bonchev–Trinajstić information content (AvgIpc) is 3.16. The summed E-state index contributed by atoms with van der Waals surface area (Å²) in [6.07, 6.45) is 3.98. The second kappa shape index (κ2) is 8.07. The van der Waals surface area contributed by atoms with Crippen LogP contribution in [-0.4, -0.2) is 27.7 Å². The smallest absolute Gasteiger partial charge is 0.321 e. The van der Waals surface area contributed by atoms with E-state index >= 15 is 0 Å². The molecule has 3 aromatic rings. The van der Waals surface area contributed by atoms with Crippen molar-refractivity contribution in [1.82, 2.24) is 15.3 Å². The van der Waals surface area contributed by atoms with Gasteiger partial charge in [0.15, 0.2) is 5.13 Å². The zero-order chi connectivity index (χ0) is 18.4.